The van der Waals surface area contributed by atoms with E-state index in [-0.39, 0.29) is 12.5 Å². The molecule has 0 unspecified atom stereocenters. The van der Waals surface area contributed by atoms with E-state index < -0.39 is 0 Å². The molecule has 0 aromatic heterocycles. The normalized spacial score (nSPS) is 10.1. The zero-order valence-corrected chi connectivity index (χ0v) is 11.6. The second-order valence-corrected chi connectivity index (χ2v) is 4.57. The van der Waals surface area contributed by atoms with Crippen LogP contribution in [0.15, 0.2) is 16.6 Å². The summed E-state index contributed by atoms with van der Waals surface area (Å²) in [6, 6.07) is 3.84. The highest BCUT2D eigenvalue weighted by molar-refractivity contribution is 9.10. The quantitative estimate of drug-likeness (QED) is 0.870. The van der Waals surface area contributed by atoms with Gasteiger partial charge in [0.1, 0.15) is 5.75 Å². The average molecular weight is 301 g/mol. The molecule has 1 aromatic rings. The van der Waals surface area contributed by atoms with Crippen molar-refractivity contribution in [1.82, 2.24) is 5.32 Å². The Hall–Kier alpha value is -1.07. The molecular formula is C12H17BrN2O2. The number of ether oxygens (including phenoxy) is 1. The van der Waals surface area contributed by atoms with Gasteiger partial charge in [-0.3, -0.25) is 4.79 Å². The standard InChI is InChI=1S/C12H17BrN2O2/c1-3-15-11(16)7-17-12-8(2)4-10(13)5-9(12)6-14/h4-5H,3,6-7,14H2,1-2H3,(H,15,16). The van der Waals surface area contributed by atoms with Gasteiger partial charge in [0.05, 0.1) is 0 Å². The molecule has 5 heteroatoms. The molecule has 94 valence electrons. The zero-order chi connectivity index (χ0) is 12.8. The van der Waals surface area contributed by atoms with Crippen LogP contribution in [0.2, 0.25) is 0 Å². The van der Waals surface area contributed by atoms with E-state index in [9.17, 15) is 4.79 Å². The Kier molecular flexibility index (Phi) is 5.44. The first-order chi connectivity index (χ1) is 8.08. The molecule has 0 atom stereocenters. The lowest BCUT2D eigenvalue weighted by molar-refractivity contribution is -0.123. The van der Waals surface area contributed by atoms with Gasteiger partial charge in [-0.25, -0.2) is 0 Å². The lowest BCUT2D eigenvalue weighted by Gasteiger charge is -2.13. The number of carbonyl (C=O) groups is 1. The van der Waals surface area contributed by atoms with E-state index >= 15 is 0 Å². The van der Waals surface area contributed by atoms with Crippen LogP contribution in [0.3, 0.4) is 0 Å². The van der Waals surface area contributed by atoms with E-state index in [0.717, 1.165) is 15.6 Å². The Morgan fingerprint density at radius 1 is 1.53 bits per heavy atom. The first-order valence-corrected chi connectivity index (χ1v) is 6.26. The minimum atomic E-state index is -0.127. The van der Waals surface area contributed by atoms with Crippen LogP contribution in [0.1, 0.15) is 18.1 Å². The predicted octanol–water partition coefficient (Wildman–Crippen LogP) is 1.73. The number of halogens is 1. The van der Waals surface area contributed by atoms with Crippen LogP contribution in [-0.4, -0.2) is 19.1 Å². The van der Waals surface area contributed by atoms with Crippen molar-refractivity contribution < 1.29 is 9.53 Å². The Labute approximate surface area is 110 Å². The fourth-order valence-corrected chi connectivity index (χ4v) is 2.16. The lowest BCUT2D eigenvalue weighted by Crippen LogP contribution is -2.28. The van der Waals surface area contributed by atoms with E-state index in [4.69, 9.17) is 10.5 Å². The Morgan fingerprint density at radius 3 is 2.82 bits per heavy atom. The molecule has 0 aliphatic rings. The highest BCUT2D eigenvalue weighted by Gasteiger charge is 2.09. The predicted molar refractivity (Wildman–Crippen MR) is 70.9 cm³/mol. The molecular weight excluding hydrogens is 284 g/mol. The maximum absolute atomic E-state index is 11.3. The monoisotopic (exact) mass is 300 g/mol. The summed E-state index contributed by atoms with van der Waals surface area (Å²) in [4.78, 5) is 11.3. The second kappa shape index (κ2) is 6.61. The van der Waals surface area contributed by atoms with Crippen molar-refractivity contribution in [2.24, 2.45) is 5.73 Å². The topological polar surface area (TPSA) is 64.3 Å². The van der Waals surface area contributed by atoms with Crippen LogP contribution in [0.5, 0.6) is 5.75 Å². The minimum absolute atomic E-state index is 0.0172. The maximum atomic E-state index is 11.3. The van der Waals surface area contributed by atoms with Gasteiger partial charge in [-0.1, -0.05) is 15.9 Å². The number of nitrogens with one attached hydrogen (secondary N) is 1. The first kappa shape index (κ1) is 14.0. The molecule has 0 saturated heterocycles. The molecule has 0 radical (unpaired) electrons. The number of benzene rings is 1. The number of aryl methyl sites for hydroxylation is 1. The van der Waals surface area contributed by atoms with Crippen molar-refractivity contribution in [3.8, 4) is 5.75 Å². The summed E-state index contributed by atoms with van der Waals surface area (Å²) < 4.78 is 6.47. The van der Waals surface area contributed by atoms with Gasteiger partial charge in [0, 0.05) is 23.1 Å². The summed E-state index contributed by atoms with van der Waals surface area (Å²) in [6.07, 6.45) is 0. The number of hydrogen-bond acceptors (Lipinski definition) is 3. The van der Waals surface area contributed by atoms with Gasteiger partial charge in [0.25, 0.3) is 5.91 Å². The van der Waals surface area contributed by atoms with Crippen molar-refractivity contribution in [1.29, 1.82) is 0 Å². The van der Waals surface area contributed by atoms with Crippen molar-refractivity contribution in [3.05, 3.63) is 27.7 Å². The van der Waals surface area contributed by atoms with Crippen LogP contribution in [0.25, 0.3) is 0 Å². The summed E-state index contributed by atoms with van der Waals surface area (Å²) >= 11 is 3.40. The molecule has 0 spiro atoms. The maximum Gasteiger partial charge on any atom is 0.257 e. The van der Waals surface area contributed by atoms with Gasteiger partial charge >= 0.3 is 0 Å². The summed E-state index contributed by atoms with van der Waals surface area (Å²) in [5, 5.41) is 2.68. The van der Waals surface area contributed by atoms with Crippen molar-refractivity contribution in [3.63, 3.8) is 0 Å². The van der Waals surface area contributed by atoms with Crippen LogP contribution in [0, 0.1) is 6.92 Å². The van der Waals surface area contributed by atoms with Gasteiger partial charge in [0.15, 0.2) is 6.61 Å². The van der Waals surface area contributed by atoms with Crippen molar-refractivity contribution in [2.75, 3.05) is 13.2 Å². The van der Waals surface area contributed by atoms with E-state index in [2.05, 4.69) is 21.2 Å². The molecule has 4 nitrogen and oxygen atoms in total. The van der Waals surface area contributed by atoms with Crippen LogP contribution in [-0.2, 0) is 11.3 Å². The van der Waals surface area contributed by atoms with E-state index in [1.54, 1.807) is 0 Å². The number of hydrogen-bond donors (Lipinski definition) is 2. The number of carbonyl (C=O) groups excluding carboxylic acids is 1. The third-order valence-corrected chi connectivity index (χ3v) is 2.72. The summed E-state index contributed by atoms with van der Waals surface area (Å²) in [6.45, 7) is 4.80. The van der Waals surface area contributed by atoms with E-state index in [1.807, 2.05) is 26.0 Å². The van der Waals surface area contributed by atoms with Crippen LogP contribution in [0.4, 0.5) is 0 Å². The largest absolute Gasteiger partial charge is 0.483 e. The van der Waals surface area contributed by atoms with Gasteiger partial charge in [0.2, 0.25) is 0 Å². The van der Waals surface area contributed by atoms with Gasteiger partial charge in [-0.2, -0.15) is 0 Å². The third-order valence-electron chi connectivity index (χ3n) is 2.26. The van der Waals surface area contributed by atoms with Crippen LogP contribution >= 0.6 is 15.9 Å². The molecule has 17 heavy (non-hydrogen) atoms. The van der Waals surface area contributed by atoms with Crippen LogP contribution < -0.4 is 15.8 Å². The molecule has 0 saturated carbocycles. The lowest BCUT2D eigenvalue weighted by atomic mass is 10.1. The molecule has 0 aliphatic carbocycles. The van der Waals surface area contributed by atoms with E-state index in [1.165, 1.54) is 0 Å². The number of amides is 1. The van der Waals surface area contributed by atoms with E-state index in [0.29, 0.717) is 18.8 Å². The first-order valence-electron chi connectivity index (χ1n) is 5.47. The molecule has 0 aliphatic heterocycles. The van der Waals surface area contributed by atoms with Gasteiger partial charge < -0.3 is 15.8 Å². The van der Waals surface area contributed by atoms with Crippen molar-refractivity contribution in [2.45, 2.75) is 20.4 Å². The second-order valence-electron chi connectivity index (χ2n) is 3.66. The summed E-state index contributed by atoms with van der Waals surface area (Å²) in [5.41, 5.74) is 7.50. The molecule has 3 N–H and O–H groups in total. The smallest absolute Gasteiger partial charge is 0.257 e. The third kappa shape index (κ3) is 4.02. The highest BCUT2D eigenvalue weighted by Crippen LogP contribution is 2.27. The Bertz CT molecular complexity index is 408. The number of nitrogens with two attached hydrogens (primary N) is 1. The van der Waals surface area contributed by atoms with Crippen molar-refractivity contribution >= 4 is 21.8 Å². The molecule has 0 fully saturated rings. The van der Waals surface area contributed by atoms with Gasteiger partial charge in [-0.15, -0.1) is 0 Å². The molecule has 1 aromatic carbocycles. The Balaban J connectivity index is 2.79. The average Bonchev–Trinajstić information content (AvgIpc) is 2.27. The fraction of sp³-hybridized carbons (Fsp3) is 0.417. The molecule has 0 bridgehead atoms. The fourth-order valence-electron chi connectivity index (χ4n) is 1.54. The van der Waals surface area contributed by atoms with Gasteiger partial charge in [-0.05, 0) is 31.5 Å². The molecule has 1 amide bonds. The summed E-state index contributed by atoms with van der Waals surface area (Å²) in [5.74, 6) is 0.569. The number of rotatable bonds is 5. The minimum Gasteiger partial charge on any atom is -0.483 e. The SMILES string of the molecule is CCNC(=O)COc1c(C)cc(Br)cc1CN. The highest BCUT2D eigenvalue weighted by atomic mass is 79.9. The Morgan fingerprint density at radius 2 is 2.24 bits per heavy atom. The summed E-state index contributed by atoms with van der Waals surface area (Å²) in [7, 11) is 0. The zero-order valence-electron chi connectivity index (χ0n) is 10.0. The molecule has 0 heterocycles. The number of likely N-dealkylation sites (N-methyl/N-ethyl adjacent to an activating group) is 1. The molecule has 1 rings (SSSR count).